The third-order valence-corrected chi connectivity index (χ3v) is 3.34. The third-order valence-electron chi connectivity index (χ3n) is 2.73. The Hall–Kier alpha value is -1.04. The minimum absolute atomic E-state index is 0.245. The van der Waals surface area contributed by atoms with Crippen molar-refractivity contribution in [2.45, 2.75) is 32.3 Å². The molecule has 0 bridgehead atoms. The zero-order valence-corrected chi connectivity index (χ0v) is 12.7. The molecule has 1 amide bonds. The van der Waals surface area contributed by atoms with Gasteiger partial charge in [0.05, 0.1) is 10.2 Å². The highest BCUT2D eigenvalue weighted by atomic mass is 79.9. The smallest absolute Gasteiger partial charge is 0.410 e. The largest absolute Gasteiger partial charge is 0.444 e. The van der Waals surface area contributed by atoms with Gasteiger partial charge in [-0.1, -0.05) is 0 Å². The van der Waals surface area contributed by atoms with Crippen molar-refractivity contribution in [3.05, 3.63) is 16.4 Å². The summed E-state index contributed by atoms with van der Waals surface area (Å²) in [6.07, 6.45) is 1.68. The van der Waals surface area contributed by atoms with Gasteiger partial charge >= 0.3 is 6.09 Å². The van der Waals surface area contributed by atoms with Crippen LogP contribution in [0.4, 0.5) is 4.79 Å². The molecule has 0 unspecified atom stereocenters. The highest BCUT2D eigenvalue weighted by molar-refractivity contribution is 9.10. The highest BCUT2D eigenvalue weighted by Gasteiger charge is 2.36. The first-order valence-corrected chi connectivity index (χ1v) is 6.72. The van der Waals surface area contributed by atoms with Gasteiger partial charge in [-0.15, -0.1) is 0 Å². The number of hydrogen-bond donors (Lipinski definition) is 0. The lowest BCUT2D eigenvalue weighted by Crippen LogP contribution is -2.50. The average Bonchev–Trinajstić information content (AvgIpc) is 2.39. The van der Waals surface area contributed by atoms with Crippen molar-refractivity contribution in [2.75, 3.05) is 13.1 Å². The van der Waals surface area contributed by atoms with E-state index in [1.807, 2.05) is 34.0 Å². The minimum Gasteiger partial charge on any atom is -0.444 e. The Balaban J connectivity index is 1.91. The predicted molar refractivity (Wildman–Crippen MR) is 71.5 cm³/mol. The van der Waals surface area contributed by atoms with Crippen LogP contribution in [0.5, 0.6) is 0 Å². The molecule has 18 heavy (non-hydrogen) atoms. The Morgan fingerprint density at radius 2 is 2.11 bits per heavy atom. The van der Waals surface area contributed by atoms with Gasteiger partial charge in [0.15, 0.2) is 0 Å². The number of likely N-dealkylation sites (tertiary alicyclic amines) is 1. The van der Waals surface area contributed by atoms with Gasteiger partial charge in [0.2, 0.25) is 0 Å². The van der Waals surface area contributed by atoms with Crippen LogP contribution in [-0.4, -0.2) is 39.5 Å². The van der Waals surface area contributed by atoms with Crippen molar-refractivity contribution in [3.8, 4) is 0 Å². The van der Waals surface area contributed by atoms with Gasteiger partial charge in [0.25, 0.3) is 0 Å². The van der Waals surface area contributed by atoms with E-state index < -0.39 is 5.60 Å². The SMILES string of the molecule is Cn1cc(Br)c(C2CN(C(=O)OC(C)(C)C)C2)n1. The van der Waals surface area contributed by atoms with E-state index in [-0.39, 0.29) is 6.09 Å². The zero-order valence-electron chi connectivity index (χ0n) is 11.1. The van der Waals surface area contributed by atoms with Crippen LogP contribution in [0.15, 0.2) is 10.7 Å². The second kappa shape index (κ2) is 4.57. The normalized spacial score (nSPS) is 16.6. The first-order valence-electron chi connectivity index (χ1n) is 5.93. The molecule has 2 rings (SSSR count). The van der Waals surface area contributed by atoms with Gasteiger partial charge in [-0.25, -0.2) is 4.79 Å². The molecular formula is C12H18BrN3O2. The number of carbonyl (C=O) groups is 1. The average molecular weight is 316 g/mol. The molecule has 1 aliphatic heterocycles. The molecule has 1 fully saturated rings. The molecule has 0 spiro atoms. The van der Waals surface area contributed by atoms with Crippen LogP contribution < -0.4 is 0 Å². The maximum absolute atomic E-state index is 11.8. The Kier molecular flexibility index (Phi) is 3.40. The third kappa shape index (κ3) is 2.85. The summed E-state index contributed by atoms with van der Waals surface area (Å²) in [6.45, 7) is 6.96. The molecule has 1 aliphatic rings. The summed E-state index contributed by atoms with van der Waals surface area (Å²) in [6, 6.07) is 0. The fraction of sp³-hybridized carbons (Fsp3) is 0.667. The standard InChI is InChI=1S/C12H18BrN3O2/c1-12(2,3)18-11(17)16-5-8(6-16)10-9(13)7-15(4)14-10/h7-8H,5-6H2,1-4H3. The molecule has 1 aromatic rings. The molecule has 1 aromatic heterocycles. The molecule has 1 saturated heterocycles. The number of aryl methyl sites for hydroxylation is 1. The molecule has 6 heteroatoms. The van der Waals surface area contributed by atoms with Gasteiger partial charge in [0.1, 0.15) is 5.60 Å². The van der Waals surface area contributed by atoms with E-state index in [1.54, 1.807) is 9.58 Å². The van der Waals surface area contributed by atoms with E-state index in [0.717, 1.165) is 10.2 Å². The summed E-state index contributed by atoms with van der Waals surface area (Å²) >= 11 is 3.48. The second-order valence-electron chi connectivity index (χ2n) is 5.62. The number of amides is 1. The summed E-state index contributed by atoms with van der Waals surface area (Å²) in [5, 5.41) is 4.39. The van der Waals surface area contributed by atoms with Crippen LogP contribution in [0.25, 0.3) is 0 Å². The lowest BCUT2D eigenvalue weighted by atomic mass is 9.97. The Morgan fingerprint density at radius 3 is 2.56 bits per heavy atom. The van der Waals surface area contributed by atoms with E-state index in [4.69, 9.17) is 4.74 Å². The van der Waals surface area contributed by atoms with Crippen LogP contribution in [0.1, 0.15) is 32.4 Å². The van der Waals surface area contributed by atoms with Gasteiger partial charge < -0.3 is 9.64 Å². The number of rotatable bonds is 1. The monoisotopic (exact) mass is 315 g/mol. The fourth-order valence-electron chi connectivity index (χ4n) is 1.88. The maximum atomic E-state index is 11.8. The molecule has 0 saturated carbocycles. The molecule has 100 valence electrons. The van der Waals surface area contributed by atoms with Crippen LogP contribution in [0.2, 0.25) is 0 Å². The van der Waals surface area contributed by atoms with Crippen LogP contribution in [0.3, 0.4) is 0 Å². The molecular weight excluding hydrogens is 298 g/mol. The number of hydrogen-bond acceptors (Lipinski definition) is 3. The summed E-state index contributed by atoms with van der Waals surface area (Å²) in [5.74, 6) is 0.299. The molecule has 5 nitrogen and oxygen atoms in total. The van der Waals surface area contributed by atoms with Crippen molar-refractivity contribution >= 4 is 22.0 Å². The molecule has 0 atom stereocenters. The number of ether oxygens (including phenoxy) is 1. The maximum Gasteiger partial charge on any atom is 0.410 e. The van der Waals surface area contributed by atoms with Crippen LogP contribution in [0, 0.1) is 0 Å². The van der Waals surface area contributed by atoms with Crippen molar-refractivity contribution < 1.29 is 9.53 Å². The Labute approximate surface area is 115 Å². The number of carbonyl (C=O) groups excluding carboxylic acids is 1. The first kappa shape index (κ1) is 13.4. The van der Waals surface area contributed by atoms with Crippen LogP contribution in [-0.2, 0) is 11.8 Å². The van der Waals surface area contributed by atoms with Gasteiger partial charge in [-0.05, 0) is 36.7 Å². The Morgan fingerprint density at radius 1 is 1.50 bits per heavy atom. The number of nitrogens with zero attached hydrogens (tertiary/aromatic N) is 3. The van der Waals surface area contributed by atoms with E-state index >= 15 is 0 Å². The summed E-state index contributed by atoms with van der Waals surface area (Å²) in [5.41, 5.74) is 0.575. The summed E-state index contributed by atoms with van der Waals surface area (Å²) in [4.78, 5) is 13.5. The molecule has 0 radical (unpaired) electrons. The predicted octanol–water partition coefficient (Wildman–Crippen LogP) is 2.52. The topological polar surface area (TPSA) is 47.4 Å². The second-order valence-corrected chi connectivity index (χ2v) is 6.47. The van der Waals surface area contributed by atoms with Gasteiger partial charge in [-0.3, -0.25) is 4.68 Å². The lowest BCUT2D eigenvalue weighted by Gasteiger charge is -2.39. The first-order chi connectivity index (χ1) is 8.26. The lowest BCUT2D eigenvalue weighted by molar-refractivity contribution is 0.00779. The molecule has 0 aromatic carbocycles. The summed E-state index contributed by atoms with van der Waals surface area (Å²) < 4.78 is 8.08. The van der Waals surface area contributed by atoms with Crippen molar-refractivity contribution in [1.29, 1.82) is 0 Å². The quantitative estimate of drug-likeness (QED) is 0.800. The number of halogens is 1. The molecule has 0 N–H and O–H groups in total. The molecule has 2 heterocycles. The Bertz CT molecular complexity index is 458. The number of aromatic nitrogens is 2. The summed E-state index contributed by atoms with van der Waals surface area (Å²) in [7, 11) is 1.89. The van der Waals surface area contributed by atoms with E-state index in [2.05, 4.69) is 21.0 Å². The molecule has 0 aliphatic carbocycles. The van der Waals surface area contributed by atoms with Crippen molar-refractivity contribution in [3.63, 3.8) is 0 Å². The minimum atomic E-state index is -0.437. The highest BCUT2D eigenvalue weighted by Crippen LogP contribution is 2.31. The van der Waals surface area contributed by atoms with Gasteiger partial charge in [-0.2, -0.15) is 5.10 Å². The van der Waals surface area contributed by atoms with Crippen molar-refractivity contribution in [2.24, 2.45) is 7.05 Å². The van der Waals surface area contributed by atoms with E-state index in [1.165, 1.54) is 0 Å². The zero-order chi connectivity index (χ0) is 13.5. The van der Waals surface area contributed by atoms with Gasteiger partial charge in [0, 0.05) is 32.3 Å². The van der Waals surface area contributed by atoms with E-state index in [9.17, 15) is 4.79 Å². The fourth-order valence-corrected chi connectivity index (χ4v) is 2.58. The van der Waals surface area contributed by atoms with Crippen molar-refractivity contribution in [1.82, 2.24) is 14.7 Å². The van der Waals surface area contributed by atoms with E-state index in [0.29, 0.717) is 19.0 Å². The van der Waals surface area contributed by atoms with Crippen LogP contribution >= 0.6 is 15.9 Å².